The molecule has 0 aliphatic carbocycles. The summed E-state index contributed by atoms with van der Waals surface area (Å²) < 4.78 is 27.5. The van der Waals surface area contributed by atoms with Crippen LogP contribution >= 0.6 is 11.3 Å². The zero-order chi connectivity index (χ0) is 14.3. The molecule has 0 saturated carbocycles. The SMILES string of the molecule is Cc1cc(F)c(-c2csc(-c3cn[nH]c3N)n2)cc1F. The molecule has 0 amide bonds. The van der Waals surface area contributed by atoms with Gasteiger partial charge in [0.25, 0.3) is 0 Å². The Morgan fingerprint density at radius 2 is 2.00 bits per heavy atom. The van der Waals surface area contributed by atoms with Gasteiger partial charge in [-0.2, -0.15) is 5.10 Å². The monoisotopic (exact) mass is 292 g/mol. The van der Waals surface area contributed by atoms with Gasteiger partial charge in [0.05, 0.1) is 17.5 Å². The average molecular weight is 292 g/mol. The van der Waals surface area contributed by atoms with E-state index in [4.69, 9.17) is 5.73 Å². The molecule has 20 heavy (non-hydrogen) atoms. The van der Waals surface area contributed by atoms with Gasteiger partial charge >= 0.3 is 0 Å². The van der Waals surface area contributed by atoms with Gasteiger partial charge in [0.1, 0.15) is 22.5 Å². The lowest BCUT2D eigenvalue weighted by Crippen LogP contribution is -1.91. The molecule has 3 aromatic rings. The molecule has 2 aromatic heterocycles. The lowest BCUT2D eigenvalue weighted by molar-refractivity contribution is 0.595. The number of thiazole rings is 1. The Labute approximate surface area is 117 Å². The summed E-state index contributed by atoms with van der Waals surface area (Å²) in [7, 11) is 0. The van der Waals surface area contributed by atoms with Crippen molar-refractivity contribution in [1.82, 2.24) is 15.2 Å². The molecular weight excluding hydrogens is 282 g/mol. The van der Waals surface area contributed by atoms with Crippen molar-refractivity contribution in [2.45, 2.75) is 6.92 Å². The normalized spacial score (nSPS) is 10.9. The number of aryl methyl sites for hydroxylation is 1. The van der Waals surface area contributed by atoms with E-state index in [0.29, 0.717) is 22.1 Å². The minimum atomic E-state index is -0.499. The molecule has 4 nitrogen and oxygen atoms in total. The van der Waals surface area contributed by atoms with E-state index in [2.05, 4.69) is 15.2 Å². The summed E-state index contributed by atoms with van der Waals surface area (Å²) in [4.78, 5) is 4.29. The molecular formula is C13H10F2N4S. The summed E-state index contributed by atoms with van der Waals surface area (Å²) in [6, 6.07) is 2.32. The van der Waals surface area contributed by atoms with E-state index in [0.717, 1.165) is 12.1 Å². The van der Waals surface area contributed by atoms with Crippen molar-refractivity contribution in [3.63, 3.8) is 0 Å². The van der Waals surface area contributed by atoms with Gasteiger partial charge in [-0.25, -0.2) is 13.8 Å². The summed E-state index contributed by atoms with van der Waals surface area (Å²) in [5, 5.41) is 8.68. The number of nitrogens with zero attached hydrogens (tertiary/aromatic N) is 2. The summed E-state index contributed by atoms with van der Waals surface area (Å²) in [6.07, 6.45) is 1.55. The van der Waals surface area contributed by atoms with Crippen LogP contribution in [0.3, 0.4) is 0 Å². The molecule has 0 aliphatic rings. The van der Waals surface area contributed by atoms with Crippen molar-refractivity contribution < 1.29 is 8.78 Å². The Morgan fingerprint density at radius 3 is 2.70 bits per heavy atom. The highest BCUT2D eigenvalue weighted by atomic mass is 32.1. The molecule has 0 bridgehead atoms. The van der Waals surface area contributed by atoms with E-state index in [1.54, 1.807) is 11.6 Å². The third kappa shape index (κ3) is 2.05. The Kier molecular flexibility index (Phi) is 2.98. The molecule has 3 rings (SSSR count). The lowest BCUT2D eigenvalue weighted by atomic mass is 10.1. The highest BCUT2D eigenvalue weighted by Crippen LogP contribution is 2.32. The summed E-state index contributed by atoms with van der Waals surface area (Å²) >= 11 is 1.29. The van der Waals surface area contributed by atoms with Gasteiger partial charge in [-0.05, 0) is 24.6 Å². The van der Waals surface area contributed by atoms with Crippen LogP contribution in [0.15, 0.2) is 23.7 Å². The predicted octanol–water partition coefficient (Wildman–Crippen LogP) is 3.37. The number of aromatic amines is 1. The molecule has 102 valence electrons. The minimum absolute atomic E-state index is 0.137. The fourth-order valence-electron chi connectivity index (χ4n) is 1.83. The maximum atomic E-state index is 13.9. The number of hydrogen-bond acceptors (Lipinski definition) is 4. The molecule has 0 fully saturated rings. The highest BCUT2D eigenvalue weighted by Gasteiger charge is 2.15. The second-order valence-electron chi connectivity index (χ2n) is 4.32. The first kappa shape index (κ1) is 12.7. The Morgan fingerprint density at radius 1 is 1.20 bits per heavy atom. The fourth-order valence-corrected chi connectivity index (χ4v) is 2.67. The second kappa shape index (κ2) is 4.68. The molecule has 0 saturated heterocycles. The number of hydrogen-bond donors (Lipinski definition) is 2. The molecule has 3 N–H and O–H groups in total. The van der Waals surface area contributed by atoms with Gasteiger partial charge in [-0.1, -0.05) is 0 Å². The van der Waals surface area contributed by atoms with E-state index >= 15 is 0 Å². The van der Waals surface area contributed by atoms with Crippen LogP contribution in [0.4, 0.5) is 14.6 Å². The number of rotatable bonds is 2. The van der Waals surface area contributed by atoms with Crippen LogP contribution in [0, 0.1) is 18.6 Å². The highest BCUT2D eigenvalue weighted by molar-refractivity contribution is 7.13. The molecule has 0 radical (unpaired) electrons. The average Bonchev–Trinajstić information content (AvgIpc) is 3.02. The molecule has 2 heterocycles. The van der Waals surface area contributed by atoms with Crippen molar-refractivity contribution in [3.05, 3.63) is 40.9 Å². The van der Waals surface area contributed by atoms with Crippen molar-refractivity contribution >= 4 is 17.2 Å². The predicted molar refractivity (Wildman–Crippen MR) is 74.2 cm³/mol. The van der Waals surface area contributed by atoms with Crippen LogP contribution in [0.5, 0.6) is 0 Å². The third-order valence-electron chi connectivity index (χ3n) is 2.93. The smallest absolute Gasteiger partial charge is 0.133 e. The van der Waals surface area contributed by atoms with Crippen LogP contribution in [0.1, 0.15) is 5.56 Å². The van der Waals surface area contributed by atoms with Crippen LogP contribution in [0.25, 0.3) is 21.8 Å². The van der Waals surface area contributed by atoms with Gasteiger partial charge in [0.2, 0.25) is 0 Å². The number of benzene rings is 1. The lowest BCUT2D eigenvalue weighted by Gasteiger charge is -2.02. The first-order valence-corrected chi connectivity index (χ1v) is 6.65. The first-order valence-electron chi connectivity index (χ1n) is 5.77. The molecule has 7 heteroatoms. The number of anilines is 1. The molecule has 0 unspecified atom stereocenters. The van der Waals surface area contributed by atoms with Crippen LogP contribution < -0.4 is 5.73 Å². The zero-order valence-electron chi connectivity index (χ0n) is 10.4. The number of aromatic nitrogens is 3. The summed E-state index contributed by atoms with van der Waals surface area (Å²) in [6.45, 7) is 1.51. The van der Waals surface area contributed by atoms with Gasteiger partial charge in [0.15, 0.2) is 0 Å². The van der Waals surface area contributed by atoms with Crippen LogP contribution in [-0.2, 0) is 0 Å². The Balaban J connectivity index is 2.07. The van der Waals surface area contributed by atoms with Crippen molar-refractivity contribution in [2.75, 3.05) is 5.73 Å². The quantitative estimate of drug-likeness (QED) is 0.761. The van der Waals surface area contributed by atoms with Crippen molar-refractivity contribution in [2.24, 2.45) is 0 Å². The summed E-state index contributed by atoms with van der Waals surface area (Å²) in [5.41, 5.74) is 7.13. The van der Waals surface area contributed by atoms with E-state index in [9.17, 15) is 8.78 Å². The number of H-pyrrole nitrogens is 1. The molecule has 0 aliphatic heterocycles. The third-order valence-corrected chi connectivity index (χ3v) is 3.80. The van der Waals surface area contributed by atoms with E-state index in [1.165, 1.54) is 18.3 Å². The molecule has 1 aromatic carbocycles. The first-order chi connectivity index (χ1) is 9.56. The van der Waals surface area contributed by atoms with Gasteiger partial charge in [-0.3, -0.25) is 5.10 Å². The van der Waals surface area contributed by atoms with Crippen molar-refractivity contribution in [3.8, 4) is 21.8 Å². The van der Waals surface area contributed by atoms with Crippen molar-refractivity contribution in [1.29, 1.82) is 0 Å². The maximum Gasteiger partial charge on any atom is 0.133 e. The van der Waals surface area contributed by atoms with E-state index in [1.807, 2.05) is 0 Å². The second-order valence-corrected chi connectivity index (χ2v) is 5.17. The topological polar surface area (TPSA) is 67.6 Å². The van der Waals surface area contributed by atoms with E-state index in [-0.39, 0.29) is 11.1 Å². The Bertz CT molecular complexity index is 779. The number of nitrogens with one attached hydrogen (secondary N) is 1. The van der Waals surface area contributed by atoms with Gasteiger partial charge < -0.3 is 5.73 Å². The molecule has 0 atom stereocenters. The minimum Gasteiger partial charge on any atom is -0.383 e. The fraction of sp³-hybridized carbons (Fsp3) is 0.0769. The number of nitrogens with two attached hydrogens (primary N) is 1. The van der Waals surface area contributed by atoms with E-state index < -0.39 is 11.6 Å². The Hall–Kier alpha value is -2.28. The largest absolute Gasteiger partial charge is 0.383 e. The number of nitrogen functional groups attached to an aromatic ring is 1. The van der Waals surface area contributed by atoms with Crippen LogP contribution in [0.2, 0.25) is 0 Å². The standard InChI is InChI=1S/C13H10F2N4S/c1-6-2-10(15)7(3-9(6)14)11-5-20-13(18-11)8-4-17-19-12(8)16/h2-5H,1H3,(H3,16,17,19). The zero-order valence-corrected chi connectivity index (χ0v) is 11.3. The van der Waals surface area contributed by atoms with Crippen LogP contribution in [-0.4, -0.2) is 15.2 Å². The molecule has 0 spiro atoms. The summed E-state index contributed by atoms with van der Waals surface area (Å²) in [5.74, 6) is -0.568. The van der Waals surface area contributed by atoms with Gasteiger partial charge in [0, 0.05) is 10.9 Å². The number of halogens is 2. The van der Waals surface area contributed by atoms with Gasteiger partial charge in [-0.15, -0.1) is 11.3 Å². The maximum absolute atomic E-state index is 13.9.